The highest BCUT2D eigenvalue weighted by molar-refractivity contribution is 7.91. The number of benzene rings is 1. The third-order valence-corrected chi connectivity index (χ3v) is 7.28. The molecular formula is C20H25FN4O4S. The number of rotatable bonds is 5. The summed E-state index contributed by atoms with van der Waals surface area (Å²) in [5, 5.41) is 12.8. The zero-order valence-electron chi connectivity index (χ0n) is 16.9. The van der Waals surface area contributed by atoms with E-state index >= 15 is 0 Å². The highest BCUT2D eigenvalue weighted by Gasteiger charge is 2.31. The molecule has 0 radical (unpaired) electrons. The van der Waals surface area contributed by atoms with Gasteiger partial charge in [-0.2, -0.15) is 5.10 Å². The number of ether oxygens (including phenoxy) is 1. The fourth-order valence-electron chi connectivity index (χ4n) is 4.03. The summed E-state index contributed by atoms with van der Waals surface area (Å²) in [6, 6.07) is 4.45. The lowest BCUT2D eigenvalue weighted by atomic mass is 10.0. The summed E-state index contributed by atoms with van der Waals surface area (Å²) in [5.41, 5.74) is 1.70. The number of nitrogens with one attached hydrogen (secondary N) is 3. The van der Waals surface area contributed by atoms with Crippen LogP contribution in [0.3, 0.4) is 0 Å². The number of H-pyrrole nitrogens is 1. The molecule has 2 aliphatic rings. The van der Waals surface area contributed by atoms with E-state index in [1.807, 2.05) is 19.9 Å². The lowest BCUT2D eigenvalue weighted by Gasteiger charge is -2.14. The van der Waals surface area contributed by atoms with Gasteiger partial charge in [0.2, 0.25) is 0 Å². The zero-order valence-corrected chi connectivity index (χ0v) is 17.7. The number of anilines is 2. The molecule has 0 saturated heterocycles. The first kappa shape index (κ1) is 20.6. The van der Waals surface area contributed by atoms with E-state index in [1.165, 1.54) is 6.07 Å². The maximum absolute atomic E-state index is 14.4. The van der Waals surface area contributed by atoms with Gasteiger partial charge < -0.3 is 15.4 Å². The summed E-state index contributed by atoms with van der Waals surface area (Å²) in [7, 11) is -3.38. The van der Waals surface area contributed by atoms with Crippen LogP contribution in [-0.2, 0) is 21.0 Å². The Labute approximate surface area is 174 Å². The minimum absolute atomic E-state index is 0.0118. The van der Waals surface area contributed by atoms with E-state index in [4.69, 9.17) is 4.74 Å². The van der Waals surface area contributed by atoms with Crippen LogP contribution >= 0.6 is 0 Å². The molecule has 30 heavy (non-hydrogen) atoms. The fourth-order valence-corrected chi connectivity index (χ4v) is 5.59. The van der Waals surface area contributed by atoms with Crippen LogP contribution in [0.5, 0.6) is 0 Å². The number of aromatic amines is 1. The number of carbonyl (C=O) groups excluding carboxylic acids is 1. The first-order chi connectivity index (χ1) is 14.2. The van der Waals surface area contributed by atoms with Crippen molar-refractivity contribution in [1.29, 1.82) is 0 Å². The van der Waals surface area contributed by atoms with Gasteiger partial charge in [0.15, 0.2) is 15.7 Å². The Bertz CT molecular complexity index is 1070. The smallest absolute Gasteiger partial charge is 0.407 e. The van der Waals surface area contributed by atoms with Gasteiger partial charge in [-0.1, -0.05) is 0 Å². The van der Waals surface area contributed by atoms with Crippen LogP contribution in [-0.4, -0.2) is 42.6 Å². The fraction of sp³-hybridized carbons (Fsp3) is 0.500. The quantitative estimate of drug-likeness (QED) is 0.662. The Balaban J connectivity index is 1.40. The van der Waals surface area contributed by atoms with Gasteiger partial charge >= 0.3 is 6.09 Å². The maximum atomic E-state index is 14.4. The molecule has 0 unspecified atom stereocenters. The number of halogens is 1. The molecule has 2 aromatic rings. The van der Waals surface area contributed by atoms with Gasteiger partial charge in [0.25, 0.3) is 0 Å². The number of sulfone groups is 1. The largest absolute Gasteiger partial charge is 0.446 e. The molecule has 1 fully saturated rings. The van der Waals surface area contributed by atoms with Crippen molar-refractivity contribution in [2.45, 2.75) is 62.5 Å². The van der Waals surface area contributed by atoms with Gasteiger partial charge in [-0.15, -0.1) is 0 Å². The number of hydrogen-bond acceptors (Lipinski definition) is 6. The van der Waals surface area contributed by atoms with Crippen LogP contribution in [0.2, 0.25) is 0 Å². The Morgan fingerprint density at radius 3 is 2.87 bits per heavy atom. The van der Waals surface area contributed by atoms with E-state index in [2.05, 4.69) is 20.8 Å². The summed E-state index contributed by atoms with van der Waals surface area (Å²) in [6.45, 7) is 3.75. The topological polar surface area (TPSA) is 113 Å². The van der Waals surface area contributed by atoms with Crippen LogP contribution in [0.1, 0.15) is 50.3 Å². The number of alkyl carbamates (subject to hydrolysis) is 1. The first-order valence-electron chi connectivity index (χ1n) is 10.1. The molecule has 1 aliphatic carbocycles. The van der Waals surface area contributed by atoms with Crippen molar-refractivity contribution < 1.29 is 22.3 Å². The summed E-state index contributed by atoms with van der Waals surface area (Å²) in [6.07, 6.45) is 2.14. The van der Waals surface area contributed by atoms with Crippen LogP contribution in [0.4, 0.5) is 20.7 Å². The van der Waals surface area contributed by atoms with E-state index in [0.29, 0.717) is 24.2 Å². The molecule has 1 aliphatic heterocycles. The molecule has 0 bridgehead atoms. The molecule has 1 saturated carbocycles. The summed E-state index contributed by atoms with van der Waals surface area (Å²) in [4.78, 5) is 11.9. The number of aromatic nitrogens is 2. The van der Waals surface area contributed by atoms with Gasteiger partial charge in [-0.05, 0) is 57.2 Å². The molecule has 1 amide bonds. The Hall–Kier alpha value is -2.62. The molecule has 162 valence electrons. The van der Waals surface area contributed by atoms with Gasteiger partial charge in [0.05, 0.1) is 16.3 Å². The van der Waals surface area contributed by atoms with Crippen molar-refractivity contribution in [1.82, 2.24) is 15.5 Å². The third-order valence-electron chi connectivity index (χ3n) is 5.49. The molecule has 10 heteroatoms. The molecule has 1 aromatic heterocycles. The molecule has 3 N–H and O–H groups in total. The summed E-state index contributed by atoms with van der Waals surface area (Å²) in [5.74, 6) is -0.00135. The normalized spacial score (nSPS) is 22.1. The van der Waals surface area contributed by atoms with Crippen LogP contribution < -0.4 is 10.6 Å². The van der Waals surface area contributed by atoms with Crippen molar-refractivity contribution in [2.75, 3.05) is 11.1 Å². The van der Waals surface area contributed by atoms with E-state index in [0.717, 1.165) is 24.6 Å². The lowest BCUT2D eigenvalue weighted by molar-refractivity contribution is 0.0981. The third kappa shape index (κ3) is 4.28. The monoisotopic (exact) mass is 436 g/mol. The Morgan fingerprint density at radius 2 is 2.10 bits per heavy atom. The van der Waals surface area contributed by atoms with Gasteiger partial charge in [-0.3, -0.25) is 5.10 Å². The number of nitrogens with zero attached hydrogens (tertiary/aromatic N) is 1. The molecule has 2 heterocycles. The maximum Gasteiger partial charge on any atom is 0.407 e. The minimum Gasteiger partial charge on any atom is -0.446 e. The number of fused-ring (bicyclic) bond motifs is 1. The summed E-state index contributed by atoms with van der Waals surface area (Å²) >= 11 is 0. The summed E-state index contributed by atoms with van der Waals surface area (Å²) < 4.78 is 43.7. The van der Waals surface area contributed by atoms with Crippen molar-refractivity contribution in [2.24, 2.45) is 0 Å². The Morgan fingerprint density at radius 1 is 1.30 bits per heavy atom. The highest BCUT2D eigenvalue weighted by Crippen LogP contribution is 2.37. The van der Waals surface area contributed by atoms with Gasteiger partial charge in [0, 0.05) is 23.7 Å². The second kappa shape index (κ2) is 7.90. The Kier molecular flexibility index (Phi) is 5.44. The molecule has 8 nitrogen and oxygen atoms in total. The average Bonchev–Trinajstić information content (AvgIpc) is 3.36. The minimum atomic E-state index is -3.38. The zero-order chi connectivity index (χ0) is 21.5. The van der Waals surface area contributed by atoms with Crippen molar-refractivity contribution >= 4 is 27.4 Å². The molecule has 0 spiro atoms. The second-order valence-electron chi connectivity index (χ2n) is 8.18. The highest BCUT2D eigenvalue weighted by atomic mass is 32.2. The van der Waals surface area contributed by atoms with Crippen molar-refractivity contribution in [3.8, 4) is 0 Å². The van der Waals surface area contributed by atoms with E-state index < -0.39 is 21.7 Å². The lowest BCUT2D eigenvalue weighted by Crippen LogP contribution is -2.33. The number of hydrogen-bond donors (Lipinski definition) is 3. The number of amides is 1. The predicted molar refractivity (Wildman–Crippen MR) is 109 cm³/mol. The SMILES string of the molecule is CC(C)NC(=O)O[C@@H]1CC[C@H](c2cc(Nc3cc4c(cc3F)S(=O)(=O)CC4)n[nH]2)C1. The van der Waals surface area contributed by atoms with Crippen LogP contribution in [0, 0.1) is 5.82 Å². The standard InChI is InChI=1S/C20H25FN4O4S/c1-11(2)22-20(26)29-14-4-3-12(7-14)16-10-19(25-24-16)23-17-8-13-5-6-30(27,28)18(13)9-15(17)21/h8-12,14H,3-7H2,1-2H3,(H,22,26)(H2,23,24,25)/t12-,14+/m0/s1. The second-order valence-corrected chi connectivity index (χ2v) is 10.3. The number of carbonyl (C=O) groups is 1. The van der Waals surface area contributed by atoms with Gasteiger partial charge in [-0.25, -0.2) is 17.6 Å². The van der Waals surface area contributed by atoms with E-state index in [1.54, 1.807) is 0 Å². The molecule has 1 aromatic carbocycles. The predicted octanol–water partition coefficient (Wildman–Crippen LogP) is 3.39. The average molecular weight is 437 g/mol. The molecular weight excluding hydrogens is 411 g/mol. The van der Waals surface area contributed by atoms with E-state index in [-0.39, 0.29) is 34.4 Å². The van der Waals surface area contributed by atoms with Crippen LogP contribution in [0.25, 0.3) is 0 Å². The van der Waals surface area contributed by atoms with Crippen molar-refractivity contribution in [3.05, 3.63) is 35.3 Å². The number of aryl methyl sites for hydroxylation is 1. The first-order valence-corrected chi connectivity index (χ1v) is 11.7. The van der Waals surface area contributed by atoms with Crippen molar-refractivity contribution in [3.63, 3.8) is 0 Å². The van der Waals surface area contributed by atoms with Gasteiger partial charge in [0.1, 0.15) is 11.9 Å². The molecule has 4 rings (SSSR count). The van der Waals surface area contributed by atoms with E-state index in [9.17, 15) is 17.6 Å². The van der Waals surface area contributed by atoms with Crippen LogP contribution in [0.15, 0.2) is 23.1 Å². The molecule has 2 atom stereocenters.